The molecule has 0 aromatic rings. The van der Waals surface area contributed by atoms with Gasteiger partial charge in [0.05, 0.1) is 0 Å². The quantitative estimate of drug-likeness (QED) is 0.319. The zero-order valence-corrected chi connectivity index (χ0v) is 12.3. The molecule has 0 amide bonds. The fourth-order valence-electron chi connectivity index (χ4n) is 0.803. The summed E-state index contributed by atoms with van der Waals surface area (Å²) in [5.74, 6) is 0.785. The summed E-state index contributed by atoms with van der Waals surface area (Å²) < 4.78 is 16.1. The van der Waals surface area contributed by atoms with E-state index in [1.807, 2.05) is 0 Å². The van der Waals surface area contributed by atoms with E-state index >= 15 is 0 Å². The fraction of sp³-hybridized carbons (Fsp3) is 0.636. The first-order valence-corrected chi connectivity index (χ1v) is 7.80. The topological polar surface area (TPSA) is 72.8 Å². The van der Waals surface area contributed by atoms with Crippen molar-refractivity contribution in [3.63, 3.8) is 0 Å². The number of hydrogen-bond donors (Lipinski definition) is 1. The Labute approximate surface area is 116 Å². The third-order valence-corrected chi connectivity index (χ3v) is 4.34. The molecule has 2 atom stereocenters. The van der Waals surface area contributed by atoms with Gasteiger partial charge in [-0.15, -0.1) is 0 Å². The third-order valence-electron chi connectivity index (χ3n) is 1.64. The zero-order chi connectivity index (χ0) is 14.8. The standard InChI is InChI=1S/C11H18O5S2/c1-7(2)10(12)15-8(3)5-17-18-6-9(4)16-11(13)14/h8-9H,1,5-6H2,2-4H3,(H,13,14)/i/hD. The molecule has 2 unspecified atom stereocenters. The molecule has 0 aliphatic rings. The molecule has 0 aliphatic heterocycles. The van der Waals surface area contributed by atoms with E-state index in [4.69, 9.17) is 10.9 Å². The molecule has 1 N–H and O–H groups in total. The minimum Gasteiger partial charge on any atom is -0.458 e. The maximum absolute atomic E-state index is 11.2. The Morgan fingerprint density at radius 2 is 1.78 bits per heavy atom. The fourth-order valence-corrected chi connectivity index (χ4v) is 3.24. The molecule has 0 rings (SSSR count). The molecule has 0 bridgehead atoms. The first-order valence-electron chi connectivity index (χ1n) is 5.72. The van der Waals surface area contributed by atoms with Gasteiger partial charge in [-0.3, -0.25) is 0 Å². The number of rotatable bonds is 8. The number of ether oxygens (including phenoxy) is 2. The summed E-state index contributed by atoms with van der Waals surface area (Å²) in [6, 6.07) is 0. The normalized spacial score (nSPS) is 14.1. The van der Waals surface area contributed by atoms with Crippen molar-refractivity contribution in [3.8, 4) is 0 Å². The highest BCUT2D eigenvalue weighted by Gasteiger charge is 2.11. The van der Waals surface area contributed by atoms with Gasteiger partial charge < -0.3 is 14.6 Å². The second kappa shape index (κ2) is 9.16. The predicted molar refractivity (Wildman–Crippen MR) is 73.9 cm³/mol. The van der Waals surface area contributed by atoms with Gasteiger partial charge >= 0.3 is 13.6 Å². The molecule has 0 aliphatic carbocycles. The monoisotopic (exact) mass is 295 g/mol. The molecule has 104 valence electrons. The Balaban J connectivity index is 3.66. The molecule has 0 fully saturated rings. The van der Waals surface area contributed by atoms with Gasteiger partial charge in [-0.2, -0.15) is 0 Å². The first-order chi connectivity index (χ1) is 8.86. The van der Waals surface area contributed by atoms with Crippen LogP contribution in [0.25, 0.3) is 1.43 Å². The van der Waals surface area contributed by atoms with Crippen molar-refractivity contribution in [1.82, 2.24) is 0 Å². The van der Waals surface area contributed by atoms with Crippen LogP contribution in [0, 0.1) is 0 Å². The lowest BCUT2D eigenvalue weighted by Crippen LogP contribution is -2.17. The smallest absolute Gasteiger partial charge is 0.458 e. The highest BCUT2D eigenvalue weighted by molar-refractivity contribution is 8.76. The van der Waals surface area contributed by atoms with Crippen molar-refractivity contribution in [3.05, 3.63) is 12.2 Å². The molecule has 0 aromatic carbocycles. The van der Waals surface area contributed by atoms with Crippen LogP contribution in [-0.2, 0) is 14.3 Å². The van der Waals surface area contributed by atoms with Gasteiger partial charge in [0.2, 0.25) is 0 Å². The summed E-state index contributed by atoms with van der Waals surface area (Å²) >= 11 is 0. The Hall–Kier alpha value is -0.820. The van der Waals surface area contributed by atoms with Crippen LogP contribution in [0.1, 0.15) is 20.8 Å². The Kier molecular flexibility index (Phi) is 7.75. The van der Waals surface area contributed by atoms with Crippen LogP contribution >= 0.6 is 21.6 Å². The average Bonchev–Trinajstić information content (AvgIpc) is 2.34. The molecule has 0 spiro atoms. The minimum absolute atomic E-state index is 0.212. The van der Waals surface area contributed by atoms with Crippen LogP contribution in [0.3, 0.4) is 0 Å². The van der Waals surface area contributed by atoms with E-state index in [2.05, 4.69) is 11.7 Å². The number of esters is 1. The van der Waals surface area contributed by atoms with Crippen LogP contribution in [-0.4, -0.2) is 40.9 Å². The van der Waals surface area contributed by atoms with E-state index < -0.39 is 12.1 Å². The molecule has 0 saturated carbocycles. The maximum atomic E-state index is 11.2. The van der Waals surface area contributed by atoms with Crippen molar-refractivity contribution in [2.75, 3.05) is 11.5 Å². The van der Waals surface area contributed by atoms with E-state index in [1.54, 1.807) is 20.8 Å². The van der Waals surface area contributed by atoms with Crippen molar-refractivity contribution in [1.29, 1.82) is 1.43 Å². The highest BCUT2D eigenvalue weighted by atomic mass is 33.1. The van der Waals surface area contributed by atoms with E-state index in [9.17, 15) is 9.59 Å². The van der Waals surface area contributed by atoms with Gasteiger partial charge in [0, 0.05) is 17.1 Å². The van der Waals surface area contributed by atoms with E-state index in [1.165, 1.54) is 21.6 Å². The maximum Gasteiger partial charge on any atom is 0.506 e. The van der Waals surface area contributed by atoms with Crippen LogP contribution in [0.5, 0.6) is 0 Å². The van der Waals surface area contributed by atoms with Crippen LogP contribution in [0.4, 0.5) is 4.79 Å². The summed E-state index contributed by atoms with van der Waals surface area (Å²) in [6.07, 6.45) is -1.57. The largest absolute Gasteiger partial charge is 0.506 e. The summed E-state index contributed by atoms with van der Waals surface area (Å²) in [5, 5.41) is 3.64. The van der Waals surface area contributed by atoms with Crippen molar-refractivity contribution in [2.45, 2.75) is 33.0 Å². The Morgan fingerprint density at radius 3 is 2.22 bits per heavy atom. The minimum atomic E-state index is -1.01. The molecule has 0 heterocycles. The van der Waals surface area contributed by atoms with Gasteiger partial charge in [-0.1, -0.05) is 28.2 Å². The van der Waals surface area contributed by atoms with Gasteiger partial charge in [0.15, 0.2) is 0 Å². The average molecular weight is 295 g/mol. The summed E-state index contributed by atoms with van der Waals surface area (Å²) in [4.78, 5) is 21.9. The van der Waals surface area contributed by atoms with Gasteiger partial charge in [-0.25, -0.2) is 9.59 Å². The molecule has 0 radical (unpaired) electrons. The number of carboxylic acid groups (broad SMARTS) is 1. The van der Waals surface area contributed by atoms with Gasteiger partial charge in [0.1, 0.15) is 12.2 Å². The number of carbonyl (C=O) groups excluding carboxylic acids is 1. The van der Waals surface area contributed by atoms with Crippen molar-refractivity contribution in [2.24, 2.45) is 0 Å². The summed E-state index contributed by atoms with van der Waals surface area (Å²) in [7, 11) is 3.00. The molecular weight excluding hydrogens is 276 g/mol. The SMILES string of the molecule is [2H]OC(=O)OC(C)CSSCC(C)OC(=O)C(=C)C. The number of hydrogen-bond acceptors (Lipinski definition) is 7. The zero-order valence-electron chi connectivity index (χ0n) is 11.6. The highest BCUT2D eigenvalue weighted by Crippen LogP contribution is 2.24. The first kappa shape index (κ1) is 15.2. The van der Waals surface area contributed by atoms with E-state index in [-0.39, 0.29) is 12.2 Å². The molecule has 0 saturated heterocycles. The molecular formula is C11H18O5S2. The summed E-state index contributed by atoms with van der Waals surface area (Å²) in [6.45, 7) is 8.60. The predicted octanol–water partition coefficient (Wildman–Crippen LogP) is 2.96. The van der Waals surface area contributed by atoms with Gasteiger partial charge in [-0.05, 0) is 20.8 Å². The van der Waals surface area contributed by atoms with E-state index in [0.717, 1.165) is 0 Å². The van der Waals surface area contributed by atoms with Gasteiger partial charge in [0.25, 0.3) is 0 Å². The lowest BCUT2D eigenvalue weighted by Gasteiger charge is -2.13. The third kappa shape index (κ3) is 9.23. The van der Waals surface area contributed by atoms with E-state index in [0.29, 0.717) is 17.1 Å². The lowest BCUT2D eigenvalue weighted by molar-refractivity contribution is -0.142. The van der Waals surface area contributed by atoms with Crippen LogP contribution < -0.4 is 0 Å². The summed E-state index contributed by atoms with van der Waals surface area (Å²) in [5.41, 5.74) is 0.375. The lowest BCUT2D eigenvalue weighted by atomic mass is 10.3. The second-order valence-electron chi connectivity index (χ2n) is 3.74. The Bertz CT molecular complexity index is 324. The van der Waals surface area contributed by atoms with Crippen LogP contribution in [0.2, 0.25) is 0 Å². The molecule has 0 aromatic heterocycles. The molecule has 5 nitrogen and oxygen atoms in total. The van der Waals surface area contributed by atoms with Crippen molar-refractivity contribution < 1.29 is 24.2 Å². The Morgan fingerprint density at radius 1 is 1.28 bits per heavy atom. The molecule has 7 heteroatoms. The van der Waals surface area contributed by atoms with Crippen LogP contribution in [0.15, 0.2) is 12.2 Å². The number of carbonyl (C=O) groups is 2. The molecule has 18 heavy (non-hydrogen) atoms. The van der Waals surface area contributed by atoms with Crippen molar-refractivity contribution >= 4 is 33.7 Å². The second-order valence-corrected chi connectivity index (χ2v) is 6.30.